The summed E-state index contributed by atoms with van der Waals surface area (Å²) in [5, 5.41) is 2.20. The molecule has 0 aromatic heterocycles. The summed E-state index contributed by atoms with van der Waals surface area (Å²) in [5.74, 6) is -1.94. The van der Waals surface area contributed by atoms with Crippen molar-refractivity contribution < 1.29 is 27.2 Å². The number of piperidine rings is 1. The first kappa shape index (κ1) is 21.0. The van der Waals surface area contributed by atoms with Gasteiger partial charge in [0.2, 0.25) is 5.91 Å². The van der Waals surface area contributed by atoms with Crippen LogP contribution in [-0.2, 0) is 11.0 Å². The van der Waals surface area contributed by atoms with E-state index in [2.05, 4.69) is 5.32 Å². The molecule has 150 valence electrons. The summed E-state index contributed by atoms with van der Waals surface area (Å²) < 4.78 is 52.5. The van der Waals surface area contributed by atoms with Gasteiger partial charge in [0.1, 0.15) is 0 Å². The van der Waals surface area contributed by atoms with Crippen LogP contribution < -0.4 is 5.32 Å². The highest BCUT2D eigenvalue weighted by Crippen LogP contribution is 2.34. The second kappa shape index (κ2) is 8.58. The number of hydrogen-bond acceptors (Lipinski definition) is 2. The number of halogens is 4. The van der Waals surface area contributed by atoms with Crippen molar-refractivity contribution in [2.45, 2.75) is 32.9 Å². The molecule has 1 atom stereocenters. The maximum Gasteiger partial charge on any atom is 0.419 e. The molecule has 27 heavy (non-hydrogen) atoms. The fourth-order valence-electron chi connectivity index (χ4n) is 3.20. The van der Waals surface area contributed by atoms with Crippen LogP contribution in [0.2, 0.25) is 0 Å². The summed E-state index contributed by atoms with van der Waals surface area (Å²) in [7, 11) is 0. The van der Waals surface area contributed by atoms with Crippen LogP contribution >= 0.6 is 0 Å². The van der Waals surface area contributed by atoms with Gasteiger partial charge in [-0.15, -0.1) is 0 Å². The first-order valence-electron chi connectivity index (χ1n) is 8.89. The van der Waals surface area contributed by atoms with Gasteiger partial charge in [0.25, 0.3) is 0 Å². The predicted octanol–water partition coefficient (Wildman–Crippen LogP) is 3.96. The van der Waals surface area contributed by atoms with Crippen LogP contribution in [0.5, 0.6) is 0 Å². The van der Waals surface area contributed by atoms with Gasteiger partial charge in [0.05, 0.1) is 17.2 Å². The SMILES string of the molecule is CCN(CC)C(=O)C1CCCN(C(=O)Nc2cccc(C(F)(F)F)c2F)C1. The van der Waals surface area contributed by atoms with E-state index >= 15 is 0 Å². The summed E-state index contributed by atoms with van der Waals surface area (Å²) in [5.41, 5.74) is -1.97. The Labute approximate surface area is 155 Å². The van der Waals surface area contributed by atoms with Gasteiger partial charge >= 0.3 is 12.2 Å². The molecule has 9 heteroatoms. The normalized spacial score (nSPS) is 17.6. The molecule has 1 aromatic carbocycles. The molecule has 0 radical (unpaired) electrons. The van der Waals surface area contributed by atoms with E-state index in [0.717, 1.165) is 12.1 Å². The molecule has 0 saturated carbocycles. The third-order valence-electron chi connectivity index (χ3n) is 4.68. The van der Waals surface area contributed by atoms with Gasteiger partial charge in [-0.25, -0.2) is 9.18 Å². The Bertz CT molecular complexity index is 690. The van der Waals surface area contributed by atoms with Crippen molar-refractivity contribution in [1.29, 1.82) is 0 Å². The van der Waals surface area contributed by atoms with Crippen LogP contribution in [0.1, 0.15) is 32.3 Å². The molecule has 1 unspecified atom stereocenters. The highest BCUT2D eigenvalue weighted by atomic mass is 19.4. The Morgan fingerprint density at radius 3 is 2.52 bits per heavy atom. The van der Waals surface area contributed by atoms with Crippen molar-refractivity contribution in [3.05, 3.63) is 29.6 Å². The van der Waals surface area contributed by atoms with E-state index in [1.165, 1.54) is 4.90 Å². The van der Waals surface area contributed by atoms with E-state index in [4.69, 9.17) is 0 Å². The lowest BCUT2D eigenvalue weighted by atomic mass is 9.96. The quantitative estimate of drug-likeness (QED) is 0.793. The van der Waals surface area contributed by atoms with E-state index in [1.807, 2.05) is 13.8 Å². The highest BCUT2D eigenvalue weighted by Gasteiger charge is 2.36. The first-order valence-corrected chi connectivity index (χ1v) is 8.89. The number of urea groups is 1. The van der Waals surface area contributed by atoms with Crippen molar-refractivity contribution in [3.8, 4) is 0 Å². The van der Waals surface area contributed by atoms with Crippen LogP contribution in [0.3, 0.4) is 0 Å². The maximum absolute atomic E-state index is 14.1. The van der Waals surface area contributed by atoms with Crippen LogP contribution in [0.25, 0.3) is 0 Å². The minimum atomic E-state index is -4.85. The third kappa shape index (κ3) is 4.90. The number of nitrogens with zero attached hydrogens (tertiary/aromatic N) is 2. The van der Waals surface area contributed by atoms with Crippen LogP contribution in [0, 0.1) is 11.7 Å². The molecular formula is C18H23F4N3O2. The summed E-state index contributed by atoms with van der Waals surface area (Å²) >= 11 is 0. The molecule has 1 aromatic rings. The molecule has 1 saturated heterocycles. The number of nitrogens with one attached hydrogen (secondary N) is 1. The molecule has 0 bridgehead atoms. The molecule has 3 amide bonds. The van der Waals surface area contributed by atoms with Crippen molar-refractivity contribution in [3.63, 3.8) is 0 Å². The van der Waals surface area contributed by atoms with Crippen LogP contribution in [0.4, 0.5) is 28.0 Å². The van der Waals surface area contributed by atoms with Gasteiger partial charge in [-0.1, -0.05) is 6.07 Å². The number of hydrogen-bond donors (Lipinski definition) is 1. The molecule has 2 rings (SSSR count). The number of rotatable bonds is 4. The average molecular weight is 389 g/mol. The van der Waals surface area contributed by atoms with Gasteiger partial charge in [-0.05, 0) is 38.8 Å². The molecule has 0 spiro atoms. The van der Waals surface area contributed by atoms with E-state index in [1.54, 1.807) is 4.90 Å². The van der Waals surface area contributed by atoms with Crippen molar-refractivity contribution in [1.82, 2.24) is 9.80 Å². The Morgan fingerprint density at radius 1 is 1.26 bits per heavy atom. The second-order valence-electron chi connectivity index (χ2n) is 6.39. The molecule has 1 aliphatic rings. The number of anilines is 1. The maximum atomic E-state index is 14.1. The van der Waals surface area contributed by atoms with Crippen molar-refractivity contribution in [2.24, 2.45) is 5.92 Å². The van der Waals surface area contributed by atoms with Crippen LogP contribution in [0.15, 0.2) is 18.2 Å². The lowest BCUT2D eigenvalue weighted by molar-refractivity contribution is -0.140. The smallest absolute Gasteiger partial charge is 0.343 e. The second-order valence-corrected chi connectivity index (χ2v) is 6.39. The number of carbonyl (C=O) groups excluding carboxylic acids is 2. The number of benzene rings is 1. The van der Waals surface area contributed by atoms with E-state index in [-0.39, 0.29) is 18.4 Å². The minimum absolute atomic E-state index is 0.0530. The molecule has 1 fully saturated rings. The summed E-state index contributed by atoms with van der Waals surface area (Å²) in [6.07, 6.45) is -3.62. The Morgan fingerprint density at radius 2 is 1.93 bits per heavy atom. The van der Waals surface area contributed by atoms with Crippen LogP contribution in [-0.4, -0.2) is 47.9 Å². The lowest BCUT2D eigenvalue weighted by Gasteiger charge is -2.34. The third-order valence-corrected chi connectivity index (χ3v) is 4.68. The van der Waals surface area contributed by atoms with Gasteiger partial charge < -0.3 is 15.1 Å². The Kier molecular flexibility index (Phi) is 6.67. The zero-order chi connectivity index (χ0) is 20.2. The minimum Gasteiger partial charge on any atom is -0.343 e. The van der Waals surface area contributed by atoms with Crippen molar-refractivity contribution >= 4 is 17.6 Å². The number of alkyl halides is 3. The topological polar surface area (TPSA) is 52.7 Å². The molecule has 0 aliphatic carbocycles. The fourth-order valence-corrected chi connectivity index (χ4v) is 3.20. The Hall–Kier alpha value is -2.32. The van der Waals surface area contributed by atoms with Gasteiger partial charge in [0, 0.05) is 26.2 Å². The molecule has 1 N–H and O–H groups in total. The largest absolute Gasteiger partial charge is 0.419 e. The van der Waals surface area contributed by atoms with Crippen molar-refractivity contribution in [2.75, 3.05) is 31.5 Å². The lowest BCUT2D eigenvalue weighted by Crippen LogP contribution is -2.48. The summed E-state index contributed by atoms with van der Waals surface area (Å²) in [4.78, 5) is 27.9. The monoisotopic (exact) mass is 389 g/mol. The van der Waals surface area contributed by atoms with Gasteiger partial charge in [-0.3, -0.25) is 4.79 Å². The van der Waals surface area contributed by atoms with Gasteiger partial charge in [-0.2, -0.15) is 13.2 Å². The summed E-state index contributed by atoms with van der Waals surface area (Å²) in [6.45, 7) is 5.37. The van der Waals surface area contributed by atoms with E-state index < -0.39 is 29.3 Å². The molecule has 1 aliphatic heterocycles. The molecular weight excluding hydrogens is 366 g/mol. The van der Waals surface area contributed by atoms with E-state index in [9.17, 15) is 27.2 Å². The zero-order valence-corrected chi connectivity index (χ0v) is 15.3. The highest BCUT2D eigenvalue weighted by molar-refractivity contribution is 5.90. The zero-order valence-electron chi connectivity index (χ0n) is 15.3. The number of amides is 3. The first-order chi connectivity index (χ1) is 12.7. The number of carbonyl (C=O) groups is 2. The molecule has 1 heterocycles. The van der Waals surface area contributed by atoms with E-state index in [0.29, 0.717) is 38.5 Å². The summed E-state index contributed by atoms with van der Waals surface area (Å²) in [6, 6.07) is 2.00. The molecule has 5 nitrogen and oxygen atoms in total. The Balaban J connectivity index is 2.09. The fraction of sp³-hybridized carbons (Fsp3) is 0.556. The predicted molar refractivity (Wildman–Crippen MR) is 92.6 cm³/mol. The standard InChI is InChI=1S/C18H23F4N3O2/c1-3-24(4-2)16(26)12-7-6-10-25(11-12)17(27)23-14-9-5-8-13(15(14)19)18(20,21)22/h5,8-9,12H,3-4,6-7,10-11H2,1-2H3,(H,23,27). The van der Waals surface area contributed by atoms with Gasteiger partial charge in [0.15, 0.2) is 5.82 Å². The number of likely N-dealkylation sites (tertiary alicyclic amines) is 1. The average Bonchev–Trinajstić information content (AvgIpc) is 2.63.